The second-order valence-corrected chi connectivity index (χ2v) is 7.77. The van der Waals surface area contributed by atoms with Crippen molar-refractivity contribution in [2.24, 2.45) is 7.05 Å². The summed E-state index contributed by atoms with van der Waals surface area (Å²) in [4.78, 5) is 32.0. The summed E-state index contributed by atoms with van der Waals surface area (Å²) >= 11 is 6.46. The smallest absolute Gasteiger partial charge is 0.407 e. The highest BCUT2D eigenvalue weighted by Crippen LogP contribution is 2.29. The Bertz CT molecular complexity index is 1110. The first-order valence-corrected chi connectivity index (χ1v) is 9.73. The third-order valence-corrected chi connectivity index (χ3v) is 5.61. The fourth-order valence-electron chi connectivity index (χ4n) is 3.73. The summed E-state index contributed by atoms with van der Waals surface area (Å²) in [7, 11) is 1.94. The number of carbonyl (C=O) groups is 2. The van der Waals surface area contributed by atoms with Crippen LogP contribution in [0.5, 0.6) is 0 Å². The molecule has 2 amide bonds. The predicted octanol–water partition coefficient (Wildman–Crippen LogP) is 3.72. The third-order valence-electron chi connectivity index (χ3n) is 5.29. The molecular weight excluding hydrogens is 392 g/mol. The van der Waals surface area contributed by atoms with Gasteiger partial charge in [-0.1, -0.05) is 17.7 Å². The van der Waals surface area contributed by atoms with Crippen LogP contribution in [-0.2, 0) is 7.05 Å². The molecule has 3 heterocycles. The number of hydrogen-bond acceptors (Lipinski definition) is 3. The predicted molar refractivity (Wildman–Crippen MR) is 111 cm³/mol. The van der Waals surface area contributed by atoms with Crippen molar-refractivity contribution in [2.75, 3.05) is 19.6 Å². The molecule has 2 aromatic heterocycles. The van der Waals surface area contributed by atoms with Crippen LogP contribution in [-0.4, -0.2) is 62.1 Å². The van der Waals surface area contributed by atoms with Gasteiger partial charge in [0.1, 0.15) is 0 Å². The lowest BCUT2D eigenvalue weighted by atomic mass is 10.1. The summed E-state index contributed by atoms with van der Waals surface area (Å²) in [6.07, 6.45) is 2.94. The van der Waals surface area contributed by atoms with E-state index in [2.05, 4.69) is 0 Å². The van der Waals surface area contributed by atoms with E-state index in [1.807, 2.05) is 42.2 Å². The highest BCUT2D eigenvalue weighted by atomic mass is 35.5. The number of aryl methyl sites for hydroxylation is 1. The molecule has 0 aliphatic carbocycles. The number of piperazine rings is 1. The van der Waals surface area contributed by atoms with Crippen LogP contribution in [0.2, 0.25) is 5.02 Å². The average Bonchev–Trinajstić information content (AvgIpc) is 3.13. The molecule has 0 radical (unpaired) electrons. The van der Waals surface area contributed by atoms with Crippen LogP contribution < -0.4 is 0 Å². The molecule has 1 atom stereocenters. The Labute approximate surface area is 173 Å². The lowest BCUT2D eigenvalue weighted by Crippen LogP contribution is -2.55. The van der Waals surface area contributed by atoms with Crippen molar-refractivity contribution < 1.29 is 14.7 Å². The van der Waals surface area contributed by atoms with Gasteiger partial charge >= 0.3 is 6.09 Å². The number of benzene rings is 1. The van der Waals surface area contributed by atoms with Gasteiger partial charge in [0.2, 0.25) is 0 Å². The Morgan fingerprint density at radius 2 is 2.00 bits per heavy atom. The minimum absolute atomic E-state index is 0.133. The van der Waals surface area contributed by atoms with Gasteiger partial charge in [0.15, 0.2) is 0 Å². The number of pyridine rings is 1. The Balaban J connectivity index is 1.64. The summed E-state index contributed by atoms with van der Waals surface area (Å²) < 4.78 is 1.94. The van der Waals surface area contributed by atoms with Gasteiger partial charge in [0.25, 0.3) is 5.91 Å². The van der Waals surface area contributed by atoms with Crippen molar-refractivity contribution in [3.63, 3.8) is 0 Å². The van der Waals surface area contributed by atoms with Crippen LogP contribution in [0.3, 0.4) is 0 Å². The molecule has 3 aromatic rings. The summed E-state index contributed by atoms with van der Waals surface area (Å²) in [5.74, 6) is -0.133. The maximum absolute atomic E-state index is 13.0. The fourth-order valence-corrected chi connectivity index (χ4v) is 3.99. The molecule has 0 saturated carbocycles. The molecular formula is C21H21ClN4O3. The first kappa shape index (κ1) is 19.3. The summed E-state index contributed by atoms with van der Waals surface area (Å²) in [6.45, 7) is 2.84. The standard InChI is InChI=1S/C21H21ClN4O3/c1-13-11-25(7-8-26(13)21(28)29)20(27)14-3-4-16-17(22)10-18(23-19(16)9-14)15-5-6-24(2)12-15/h3-6,9-10,12-13H,7-8,11H2,1-2H3,(H,28,29)/t13-/m0/s1. The largest absolute Gasteiger partial charge is 0.465 e. The van der Waals surface area contributed by atoms with E-state index in [0.717, 1.165) is 16.6 Å². The topological polar surface area (TPSA) is 78.7 Å². The minimum Gasteiger partial charge on any atom is -0.465 e. The van der Waals surface area contributed by atoms with E-state index in [1.54, 1.807) is 24.0 Å². The first-order valence-electron chi connectivity index (χ1n) is 9.35. The van der Waals surface area contributed by atoms with Crippen molar-refractivity contribution in [3.8, 4) is 11.3 Å². The number of carboxylic acid groups (broad SMARTS) is 1. The summed E-state index contributed by atoms with van der Waals surface area (Å²) in [5, 5.41) is 10.6. The van der Waals surface area contributed by atoms with Crippen molar-refractivity contribution in [2.45, 2.75) is 13.0 Å². The lowest BCUT2D eigenvalue weighted by molar-refractivity contribution is 0.0507. The highest BCUT2D eigenvalue weighted by Gasteiger charge is 2.30. The second-order valence-electron chi connectivity index (χ2n) is 7.36. The van der Waals surface area contributed by atoms with E-state index in [1.165, 1.54) is 4.90 Å². The Morgan fingerprint density at radius 1 is 1.21 bits per heavy atom. The van der Waals surface area contributed by atoms with Crippen molar-refractivity contribution >= 4 is 34.5 Å². The van der Waals surface area contributed by atoms with Gasteiger partial charge in [-0.25, -0.2) is 9.78 Å². The summed E-state index contributed by atoms with van der Waals surface area (Å²) in [6, 6.07) is 8.85. The number of hydrogen-bond donors (Lipinski definition) is 1. The Hall–Kier alpha value is -3.06. The normalized spacial score (nSPS) is 17.0. The van der Waals surface area contributed by atoms with Crippen LogP contribution in [0.15, 0.2) is 42.7 Å². The molecule has 0 spiro atoms. The zero-order valence-electron chi connectivity index (χ0n) is 16.2. The molecule has 1 aliphatic heterocycles. The SMILES string of the molecule is C[C@H]1CN(C(=O)c2ccc3c(Cl)cc(-c4ccn(C)c4)nc3c2)CCN1C(=O)O. The molecule has 1 N–H and O–H groups in total. The maximum Gasteiger partial charge on any atom is 0.407 e. The third kappa shape index (κ3) is 3.65. The van der Waals surface area contributed by atoms with Gasteiger partial charge in [-0.15, -0.1) is 0 Å². The fraction of sp³-hybridized carbons (Fsp3) is 0.286. The van der Waals surface area contributed by atoms with Gasteiger partial charge < -0.3 is 19.5 Å². The number of halogens is 1. The van der Waals surface area contributed by atoms with Gasteiger partial charge in [-0.3, -0.25) is 4.79 Å². The molecule has 8 heteroatoms. The number of nitrogens with zero attached hydrogens (tertiary/aromatic N) is 4. The van der Waals surface area contributed by atoms with E-state index < -0.39 is 6.09 Å². The van der Waals surface area contributed by atoms with E-state index in [4.69, 9.17) is 16.6 Å². The molecule has 4 rings (SSSR count). The molecule has 0 unspecified atom stereocenters. The van der Waals surface area contributed by atoms with E-state index in [9.17, 15) is 14.7 Å². The minimum atomic E-state index is -0.956. The van der Waals surface area contributed by atoms with Crippen molar-refractivity contribution in [1.82, 2.24) is 19.4 Å². The van der Waals surface area contributed by atoms with Gasteiger partial charge in [-0.2, -0.15) is 0 Å². The van der Waals surface area contributed by atoms with Crippen LogP contribution in [0.25, 0.3) is 22.2 Å². The lowest BCUT2D eigenvalue weighted by Gasteiger charge is -2.38. The van der Waals surface area contributed by atoms with Crippen molar-refractivity contribution in [3.05, 3.63) is 53.3 Å². The zero-order valence-corrected chi connectivity index (χ0v) is 16.9. The van der Waals surface area contributed by atoms with E-state index >= 15 is 0 Å². The monoisotopic (exact) mass is 412 g/mol. The van der Waals surface area contributed by atoms with Crippen LogP contribution in [0.4, 0.5) is 4.79 Å². The van der Waals surface area contributed by atoms with Crippen LogP contribution in [0, 0.1) is 0 Å². The molecule has 150 valence electrons. The maximum atomic E-state index is 13.0. The van der Waals surface area contributed by atoms with Crippen molar-refractivity contribution in [1.29, 1.82) is 0 Å². The molecule has 29 heavy (non-hydrogen) atoms. The number of amides is 2. The van der Waals surface area contributed by atoms with Crippen LogP contribution in [0.1, 0.15) is 17.3 Å². The van der Waals surface area contributed by atoms with Gasteiger partial charge in [-0.05, 0) is 31.2 Å². The Kier molecular flexibility index (Phi) is 4.92. The average molecular weight is 413 g/mol. The first-order chi connectivity index (χ1) is 13.8. The number of carbonyl (C=O) groups excluding carboxylic acids is 1. The van der Waals surface area contributed by atoms with E-state index in [-0.39, 0.29) is 11.9 Å². The summed E-state index contributed by atoms with van der Waals surface area (Å²) in [5.41, 5.74) is 2.87. The number of aromatic nitrogens is 2. The van der Waals surface area contributed by atoms with Crippen LogP contribution >= 0.6 is 11.6 Å². The molecule has 1 aromatic carbocycles. The zero-order chi connectivity index (χ0) is 20.7. The van der Waals surface area contributed by atoms with Gasteiger partial charge in [0.05, 0.1) is 16.2 Å². The number of fused-ring (bicyclic) bond motifs is 1. The molecule has 1 aliphatic rings. The second kappa shape index (κ2) is 7.40. The molecule has 7 nitrogen and oxygen atoms in total. The van der Waals surface area contributed by atoms with E-state index in [0.29, 0.717) is 35.7 Å². The highest BCUT2D eigenvalue weighted by molar-refractivity contribution is 6.35. The van der Waals surface area contributed by atoms with Gasteiger partial charge in [0, 0.05) is 61.6 Å². The molecule has 0 bridgehead atoms. The molecule has 1 fully saturated rings. The molecule has 1 saturated heterocycles. The quantitative estimate of drug-likeness (QED) is 0.695. The Morgan fingerprint density at radius 3 is 2.66 bits per heavy atom. The number of rotatable bonds is 2.